The van der Waals surface area contributed by atoms with Crippen molar-refractivity contribution in [3.05, 3.63) is 0 Å². The molecule has 2 saturated heterocycles. The van der Waals surface area contributed by atoms with Gasteiger partial charge in [0, 0.05) is 13.2 Å². The van der Waals surface area contributed by atoms with E-state index in [0.717, 1.165) is 13.2 Å². The summed E-state index contributed by atoms with van der Waals surface area (Å²) in [4.78, 5) is 0. The molecule has 2 fully saturated rings. The Kier molecular flexibility index (Phi) is 6.72. The molecule has 2 aliphatic heterocycles. The van der Waals surface area contributed by atoms with Crippen molar-refractivity contribution >= 4 is 78.9 Å². The SMILES string of the molecule is IC[Si]1(C[Si]2(CI)CCCO[SiH2]2)CCCO[SiH2]1. The fourth-order valence-electron chi connectivity index (χ4n) is 3.20. The predicted octanol–water partition coefficient (Wildman–Crippen LogP) is 1.37. The summed E-state index contributed by atoms with van der Waals surface area (Å²) in [7, 11) is -2.14. The predicted molar refractivity (Wildman–Crippen MR) is 102 cm³/mol. The Morgan fingerprint density at radius 3 is 1.65 bits per heavy atom. The van der Waals surface area contributed by atoms with Crippen LogP contribution >= 0.6 is 45.2 Å². The van der Waals surface area contributed by atoms with E-state index >= 15 is 0 Å². The van der Waals surface area contributed by atoms with Gasteiger partial charge in [0.1, 0.15) is 0 Å². The molecule has 2 atom stereocenters. The van der Waals surface area contributed by atoms with Crippen LogP contribution in [-0.2, 0) is 8.85 Å². The summed E-state index contributed by atoms with van der Waals surface area (Å²) in [5, 5.41) is 0. The van der Waals surface area contributed by atoms with Crippen molar-refractivity contribution in [3.8, 4) is 0 Å². The lowest BCUT2D eigenvalue weighted by Gasteiger charge is -2.42. The third-order valence-corrected chi connectivity index (χ3v) is 45.1. The zero-order valence-corrected chi connectivity index (χ0v) is 19.5. The summed E-state index contributed by atoms with van der Waals surface area (Å²) < 4.78 is 15.0. The maximum Gasteiger partial charge on any atom is 0.151 e. The minimum absolute atomic E-state index is 0.146. The Hall–Kier alpha value is 2.25. The summed E-state index contributed by atoms with van der Waals surface area (Å²) in [5.41, 5.74) is 1.70. The van der Waals surface area contributed by atoms with Crippen LogP contribution in [0.25, 0.3) is 0 Å². The van der Waals surface area contributed by atoms with Crippen molar-refractivity contribution in [3.63, 3.8) is 0 Å². The van der Waals surface area contributed by atoms with E-state index in [1.165, 1.54) is 20.9 Å². The van der Waals surface area contributed by atoms with Crippen LogP contribution in [0.1, 0.15) is 12.8 Å². The number of alkyl halides is 2. The van der Waals surface area contributed by atoms with Gasteiger partial charge in [-0.1, -0.05) is 62.9 Å². The van der Waals surface area contributed by atoms with Crippen molar-refractivity contribution in [1.29, 1.82) is 0 Å². The van der Waals surface area contributed by atoms with E-state index in [-0.39, 0.29) is 18.6 Å². The number of halogens is 2. The van der Waals surface area contributed by atoms with E-state index < -0.39 is 15.2 Å². The lowest BCUT2D eigenvalue weighted by molar-refractivity contribution is 0.332. The van der Waals surface area contributed by atoms with Crippen LogP contribution in [-0.4, -0.2) is 55.1 Å². The summed E-state index contributed by atoms with van der Waals surface area (Å²) >= 11 is 5.38. The molecule has 0 saturated carbocycles. The largest absolute Gasteiger partial charge is 0.427 e. The maximum absolute atomic E-state index is 6.00. The highest BCUT2D eigenvalue weighted by atomic mass is 127. The standard InChI is InChI=1S/C9H22I2O2Si4/c10-7-16(5-1-3-12-14-16)9-17(8-11)6-2-4-13-15-17/h1-9,14-15H2. The molecule has 2 heterocycles. The van der Waals surface area contributed by atoms with Crippen molar-refractivity contribution in [1.82, 2.24) is 0 Å². The molecule has 2 unspecified atom stereocenters. The first-order chi connectivity index (χ1) is 8.24. The fraction of sp³-hybridized carbons (Fsp3) is 1.00. The van der Waals surface area contributed by atoms with Crippen molar-refractivity contribution in [2.24, 2.45) is 0 Å². The number of rotatable bonds is 4. The third kappa shape index (κ3) is 4.11. The maximum atomic E-state index is 6.00. The summed E-state index contributed by atoms with van der Waals surface area (Å²) in [6.45, 7) is 2.18. The molecular weight excluding hydrogens is 506 g/mol. The van der Waals surface area contributed by atoms with Crippen molar-refractivity contribution in [2.75, 3.05) is 21.3 Å². The first-order valence-corrected chi connectivity index (χ1v) is 20.6. The van der Waals surface area contributed by atoms with Gasteiger partial charge in [-0.3, -0.25) is 0 Å². The second-order valence-electron chi connectivity index (χ2n) is 5.76. The summed E-state index contributed by atoms with van der Waals surface area (Å²) in [6.07, 6.45) is 2.74. The van der Waals surface area contributed by atoms with Gasteiger partial charge in [-0.15, -0.1) is 0 Å². The monoisotopic (exact) mass is 528 g/mol. The lowest BCUT2D eigenvalue weighted by Crippen LogP contribution is -2.60. The third-order valence-electron chi connectivity index (χ3n) is 4.13. The van der Waals surface area contributed by atoms with Crippen molar-refractivity contribution < 1.29 is 8.85 Å². The molecule has 0 N–H and O–H groups in total. The van der Waals surface area contributed by atoms with Gasteiger partial charge in [0.2, 0.25) is 0 Å². The van der Waals surface area contributed by atoms with Crippen LogP contribution in [0, 0.1) is 0 Å². The zero-order valence-electron chi connectivity index (χ0n) is 10.4. The molecule has 0 spiro atoms. The molecule has 2 aliphatic rings. The average molecular weight is 528 g/mol. The quantitative estimate of drug-likeness (QED) is 0.312. The summed E-state index contributed by atoms with van der Waals surface area (Å²) in [5.74, 6) is 0. The fourth-order valence-corrected chi connectivity index (χ4v) is 48.6. The molecule has 0 bridgehead atoms. The van der Waals surface area contributed by atoms with Gasteiger partial charge >= 0.3 is 0 Å². The molecule has 2 rings (SSSR count). The van der Waals surface area contributed by atoms with Crippen LogP contribution in [0.4, 0.5) is 0 Å². The minimum Gasteiger partial charge on any atom is -0.427 e. The highest BCUT2D eigenvalue weighted by Crippen LogP contribution is 2.33. The van der Waals surface area contributed by atoms with E-state index in [2.05, 4.69) is 45.2 Å². The van der Waals surface area contributed by atoms with Gasteiger partial charge in [-0.25, -0.2) is 0 Å². The number of hydrogen-bond donors (Lipinski definition) is 0. The van der Waals surface area contributed by atoms with Crippen LogP contribution in [0.2, 0.25) is 17.8 Å². The lowest BCUT2D eigenvalue weighted by atomic mass is 10.5. The molecule has 100 valence electrons. The molecule has 0 aliphatic carbocycles. The van der Waals surface area contributed by atoms with Crippen LogP contribution in [0.3, 0.4) is 0 Å². The van der Waals surface area contributed by atoms with Gasteiger partial charge in [-0.2, -0.15) is 0 Å². The van der Waals surface area contributed by atoms with E-state index in [0.29, 0.717) is 0 Å². The van der Waals surface area contributed by atoms with Crippen LogP contribution in [0.15, 0.2) is 0 Å². The second-order valence-corrected chi connectivity index (χ2v) is 31.4. The Morgan fingerprint density at radius 1 is 0.882 bits per heavy atom. The molecule has 0 aromatic carbocycles. The van der Waals surface area contributed by atoms with Gasteiger partial charge in [0.25, 0.3) is 0 Å². The van der Waals surface area contributed by atoms with E-state index in [4.69, 9.17) is 8.85 Å². The molecular formula is C9H22I2O2Si4. The smallest absolute Gasteiger partial charge is 0.151 e. The van der Waals surface area contributed by atoms with Crippen LogP contribution in [0.5, 0.6) is 0 Å². The van der Waals surface area contributed by atoms with Gasteiger partial charge in [0.15, 0.2) is 18.6 Å². The molecule has 2 nitrogen and oxygen atoms in total. The Bertz CT molecular complexity index is 221. The molecule has 17 heavy (non-hydrogen) atoms. The normalized spacial score (nSPS) is 42.0. The van der Waals surface area contributed by atoms with Crippen molar-refractivity contribution in [2.45, 2.75) is 30.6 Å². The van der Waals surface area contributed by atoms with E-state index in [1.54, 1.807) is 17.8 Å². The molecule has 0 amide bonds. The Balaban J connectivity index is 2.04. The highest BCUT2D eigenvalue weighted by molar-refractivity contribution is 14.1. The highest BCUT2D eigenvalue weighted by Gasteiger charge is 2.46. The topological polar surface area (TPSA) is 18.5 Å². The minimum atomic E-state index is -0.922. The molecule has 0 aromatic heterocycles. The van der Waals surface area contributed by atoms with Gasteiger partial charge < -0.3 is 8.85 Å². The van der Waals surface area contributed by atoms with Gasteiger partial charge in [-0.05, 0) is 20.9 Å². The molecule has 0 radical (unpaired) electrons. The Labute approximate surface area is 138 Å². The van der Waals surface area contributed by atoms with E-state index in [1.807, 2.05) is 0 Å². The van der Waals surface area contributed by atoms with Gasteiger partial charge in [0.05, 0.1) is 15.2 Å². The van der Waals surface area contributed by atoms with Crippen LogP contribution < -0.4 is 0 Å². The average Bonchev–Trinajstić information content (AvgIpc) is 2.41. The number of hydrogen-bond acceptors (Lipinski definition) is 2. The molecule has 8 heteroatoms. The zero-order chi connectivity index (χ0) is 12.2. The first-order valence-electron chi connectivity index (χ1n) is 6.52. The summed E-state index contributed by atoms with van der Waals surface area (Å²) in [6, 6.07) is 3.20. The molecule has 0 aromatic rings. The van der Waals surface area contributed by atoms with E-state index in [9.17, 15) is 0 Å². The first kappa shape index (κ1) is 15.6. The second kappa shape index (κ2) is 7.31. The Morgan fingerprint density at radius 2 is 1.35 bits per heavy atom.